The largest absolute Gasteiger partial charge is 0.482 e. The highest BCUT2D eigenvalue weighted by atomic mass is 32.1. The van der Waals surface area contributed by atoms with Gasteiger partial charge in [0.05, 0.1) is 0 Å². The molecular formula is C29H38N2O5S. The minimum atomic E-state index is -1.09. The van der Waals surface area contributed by atoms with Gasteiger partial charge in [-0.1, -0.05) is 52.0 Å². The van der Waals surface area contributed by atoms with Crippen LogP contribution < -0.4 is 10.5 Å². The van der Waals surface area contributed by atoms with Crippen molar-refractivity contribution in [2.75, 3.05) is 13.2 Å². The van der Waals surface area contributed by atoms with Gasteiger partial charge in [-0.05, 0) is 66.9 Å². The summed E-state index contributed by atoms with van der Waals surface area (Å²) >= 11 is 1.17. The van der Waals surface area contributed by atoms with E-state index in [9.17, 15) is 19.5 Å². The average molecular weight is 527 g/mol. The van der Waals surface area contributed by atoms with Crippen LogP contribution in [0.15, 0.2) is 24.3 Å². The first-order chi connectivity index (χ1) is 17.3. The Morgan fingerprint density at radius 2 is 1.84 bits per heavy atom. The van der Waals surface area contributed by atoms with E-state index in [4.69, 9.17) is 10.5 Å². The summed E-state index contributed by atoms with van der Waals surface area (Å²) in [6, 6.07) is 7.77. The second kappa shape index (κ2) is 10.1. The third-order valence-electron chi connectivity index (χ3n) is 7.70. The Bertz CT molecular complexity index is 1200. The highest BCUT2D eigenvalue weighted by Gasteiger charge is 2.39. The normalized spacial score (nSPS) is 21.1. The third-order valence-corrected chi connectivity index (χ3v) is 9.01. The number of benzene rings is 1. The van der Waals surface area contributed by atoms with Crippen molar-refractivity contribution < 1.29 is 24.2 Å². The molecule has 1 aromatic heterocycles. The summed E-state index contributed by atoms with van der Waals surface area (Å²) in [6.07, 6.45) is 4.66. The van der Waals surface area contributed by atoms with Crippen LogP contribution >= 0.6 is 11.3 Å². The Morgan fingerprint density at radius 3 is 2.46 bits per heavy atom. The highest BCUT2D eigenvalue weighted by molar-refractivity contribution is 7.18. The lowest BCUT2D eigenvalue weighted by Crippen LogP contribution is -2.45. The van der Waals surface area contributed by atoms with Gasteiger partial charge in [0, 0.05) is 17.0 Å². The van der Waals surface area contributed by atoms with Crippen molar-refractivity contribution in [1.29, 1.82) is 0 Å². The summed E-state index contributed by atoms with van der Waals surface area (Å²) in [7, 11) is 0. The van der Waals surface area contributed by atoms with E-state index in [0.29, 0.717) is 30.9 Å². The van der Waals surface area contributed by atoms with Crippen LogP contribution in [-0.2, 0) is 9.59 Å². The standard InChI is InChI=1S/C29H38N2O5S/c1-17-23(36-15-22(32)31-11-7-10-21(31)26(30)33)25(27(34)35)37-24(17)19-9-6-8-18(12-19)20-13-28(2,3)16-29(4,5)14-20/h6,8-9,12,20-21H,7,10-11,13-16H2,1-5H3,(H2,30,33)(H,34,35). The van der Waals surface area contributed by atoms with Crippen molar-refractivity contribution in [2.24, 2.45) is 16.6 Å². The fourth-order valence-corrected chi connectivity index (χ4v) is 7.77. The van der Waals surface area contributed by atoms with Gasteiger partial charge in [-0.25, -0.2) is 4.79 Å². The number of thiophene rings is 1. The first kappa shape index (κ1) is 27.2. The number of carbonyl (C=O) groups excluding carboxylic acids is 2. The minimum Gasteiger partial charge on any atom is -0.482 e. The summed E-state index contributed by atoms with van der Waals surface area (Å²) in [5.74, 6) is -1.35. The molecule has 1 atom stereocenters. The molecule has 1 saturated carbocycles. The van der Waals surface area contributed by atoms with Gasteiger partial charge in [0.25, 0.3) is 5.91 Å². The van der Waals surface area contributed by atoms with Gasteiger partial charge < -0.3 is 20.5 Å². The number of nitrogens with two attached hydrogens (primary N) is 1. The molecule has 0 spiro atoms. The zero-order valence-electron chi connectivity index (χ0n) is 22.4. The average Bonchev–Trinajstić information content (AvgIpc) is 3.41. The van der Waals surface area contributed by atoms with Crippen LogP contribution in [0.4, 0.5) is 0 Å². The molecule has 0 bridgehead atoms. The molecule has 1 aliphatic heterocycles. The van der Waals surface area contributed by atoms with Gasteiger partial charge in [-0.15, -0.1) is 11.3 Å². The van der Waals surface area contributed by atoms with E-state index in [1.165, 1.54) is 28.2 Å². The summed E-state index contributed by atoms with van der Waals surface area (Å²) < 4.78 is 5.82. The second-order valence-corrected chi connectivity index (χ2v) is 13.2. The maximum Gasteiger partial charge on any atom is 0.349 e. The maximum absolute atomic E-state index is 12.8. The monoisotopic (exact) mass is 526 g/mol. The van der Waals surface area contributed by atoms with Gasteiger partial charge >= 0.3 is 5.97 Å². The van der Waals surface area contributed by atoms with Gasteiger partial charge in [-0.3, -0.25) is 9.59 Å². The van der Waals surface area contributed by atoms with E-state index in [-0.39, 0.29) is 34.0 Å². The number of carboxylic acids is 1. The van der Waals surface area contributed by atoms with Crippen molar-refractivity contribution in [1.82, 2.24) is 4.90 Å². The predicted molar refractivity (Wildman–Crippen MR) is 145 cm³/mol. The molecule has 2 fully saturated rings. The van der Waals surface area contributed by atoms with Crippen molar-refractivity contribution in [2.45, 2.75) is 78.7 Å². The smallest absolute Gasteiger partial charge is 0.349 e. The Labute approximate surface area is 223 Å². The first-order valence-electron chi connectivity index (χ1n) is 13.0. The number of hydrogen-bond donors (Lipinski definition) is 2. The number of aromatic carboxylic acids is 1. The summed E-state index contributed by atoms with van der Waals surface area (Å²) in [5.41, 5.74) is 8.88. The second-order valence-electron chi connectivity index (χ2n) is 12.2. The molecule has 1 aromatic carbocycles. The van der Waals surface area contributed by atoms with E-state index in [0.717, 1.165) is 23.3 Å². The molecule has 37 heavy (non-hydrogen) atoms. The number of carboxylic acid groups (broad SMARTS) is 1. The van der Waals surface area contributed by atoms with Crippen molar-refractivity contribution in [3.63, 3.8) is 0 Å². The number of carbonyl (C=O) groups is 3. The first-order valence-corrected chi connectivity index (χ1v) is 13.8. The Kier molecular flexibility index (Phi) is 7.43. The van der Waals surface area contributed by atoms with E-state index >= 15 is 0 Å². The molecule has 1 saturated heterocycles. The molecule has 4 rings (SSSR count). The molecule has 3 N–H and O–H groups in total. The third kappa shape index (κ3) is 5.84. The Morgan fingerprint density at radius 1 is 1.16 bits per heavy atom. The summed E-state index contributed by atoms with van der Waals surface area (Å²) in [6.45, 7) is 11.3. The molecule has 2 aliphatic rings. The van der Waals surface area contributed by atoms with Gasteiger partial charge in [0.1, 0.15) is 11.8 Å². The van der Waals surface area contributed by atoms with Crippen molar-refractivity contribution in [3.05, 3.63) is 40.3 Å². The van der Waals surface area contributed by atoms with Crippen LogP contribution in [0.3, 0.4) is 0 Å². The fraction of sp³-hybridized carbons (Fsp3) is 0.552. The molecule has 0 radical (unpaired) electrons. The molecule has 7 nitrogen and oxygen atoms in total. The number of likely N-dealkylation sites (tertiary alicyclic amines) is 1. The molecule has 2 heterocycles. The summed E-state index contributed by atoms with van der Waals surface area (Å²) in [5, 5.41) is 9.89. The molecular weight excluding hydrogens is 488 g/mol. The van der Waals surface area contributed by atoms with E-state index < -0.39 is 17.9 Å². The Hall–Kier alpha value is -2.87. The van der Waals surface area contributed by atoms with E-state index in [1.54, 1.807) is 0 Å². The van der Waals surface area contributed by atoms with Crippen LogP contribution in [-0.4, -0.2) is 47.0 Å². The lowest BCUT2D eigenvalue weighted by molar-refractivity contribution is -0.138. The summed E-state index contributed by atoms with van der Waals surface area (Å²) in [4.78, 5) is 38.9. The quantitative estimate of drug-likeness (QED) is 0.488. The lowest BCUT2D eigenvalue weighted by Gasteiger charge is -2.45. The van der Waals surface area contributed by atoms with Crippen LogP contribution in [0.2, 0.25) is 0 Å². The highest BCUT2D eigenvalue weighted by Crippen LogP contribution is 2.52. The van der Waals surface area contributed by atoms with Crippen LogP contribution in [0.25, 0.3) is 10.4 Å². The van der Waals surface area contributed by atoms with Gasteiger partial charge in [0.15, 0.2) is 11.5 Å². The van der Waals surface area contributed by atoms with E-state index in [2.05, 4.69) is 39.8 Å². The fourth-order valence-electron chi connectivity index (χ4n) is 6.68. The number of ether oxygens (including phenoxy) is 1. The topological polar surface area (TPSA) is 110 Å². The zero-order valence-corrected chi connectivity index (χ0v) is 23.2. The molecule has 200 valence electrons. The predicted octanol–water partition coefficient (Wildman–Crippen LogP) is 5.60. The minimum absolute atomic E-state index is 0.0681. The number of primary amides is 1. The number of amides is 2. The molecule has 1 unspecified atom stereocenters. The van der Waals surface area contributed by atoms with Gasteiger partial charge in [-0.2, -0.15) is 0 Å². The molecule has 2 aromatic rings. The maximum atomic E-state index is 12.8. The SMILES string of the molecule is Cc1c(-c2cccc(C3CC(C)(C)CC(C)(C)C3)c2)sc(C(=O)O)c1OCC(=O)N1CCCC1C(N)=O. The van der Waals surface area contributed by atoms with Gasteiger partial charge in [0.2, 0.25) is 5.91 Å². The molecule has 2 amide bonds. The van der Waals surface area contributed by atoms with Crippen LogP contribution in [0.5, 0.6) is 5.75 Å². The number of nitrogens with zero attached hydrogens (tertiary/aromatic N) is 1. The zero-order chi connectivity index (χ0) is 27.1. The molecule has 8 heteroatoms. The van der Waals surface area contributed by atoms with E-state index in [1.807, 2.05) is 19.1 Å². The van der Waals surface area contributed by atoms with Crippen LogP contribution in [0.1, 0.15) is 86.5 Å². The van der Waals surface area contributed by atoms with Crippen molar-refractivity contribution >= 4 is 29.1 Å². The molecule has 1 aliphatic carbocycles. The van der Waals surface area contributed by atoms with Crippen molar-refractivity contribution in [3.8, 4) is 16.2 Å². The lowest BCUT2D eigenvalue weighted by atomic mass is 9.60. The van der Waals surface area contributed by atoms with Crippen LogP contribution in [0, 0.1) is 17.8 Å². The Balaban J connectivity index is 1.60. The number of rotatable bonds is 7. The number of hydrogen-bond acceptors (Lipinski definition) is 5.